The summed E-state index contributed by atoms with van der Waals surface area (Å²) in [5, 5.41) is 0. The van der Waals surface area contributed by atoms with Gasteiger partial charge in [0.25, 0.3) is 0 Å². The van der Waals surface area contributed by atoms with Crippen LogP contribution in [0.5, 0.6) is 0 Å². The lowest BCUT2D eigenvalue weighted by Crippen LogP contribution is -2.01. The van der Waals surface area contributed by atoms with Crippen LogP contribution in [0.15, 0.2) is 30.3 Å². The Balaban J connectivity index is 2.72. The molecule has 0 aromatic heterocycles. The maximum absolute atomic E-state index is 5.87. The average Bonchev–Trinajstić information content (AvgIpc) is 2.28. The van der Waals surface area contributed by atoms with Crippen LogP contribution in [0.2, 0.25) is 0 Å². The van der Waals surface area contributed by atoms with Crippen molar-refractivity contribution in [2.45, 2.75) is 34.2 Å². The molecule has 0 saturated carbocycles. The maximum Gasteiger partial charge on any atom is 0.0184 e. The third-order valence-electron chi connectivity index (χ3n) is 3.43. The van der Waals surface area contributed by atoms with Crippen LogP contribution in [0.4, 0.5) is 0 Å². The van der Waals surface area contributed by atoms with Gasteiger partial charge in [0.2, 0.25) is 0 Å². The molecule has 0 aliphatic heterocycles. The highest BCUT2D eigenvalue weighted by atomic mass is 14.5. The molecule has 0 heterocycles. The highest BCUT2D eigenvalue weighted by molar-refractivity contribution is 5.74. The Morgan fingerprint density at radius 1 is 0.833 bits per heavy atom. The molecule has 1 heteroatoms. The van der Waals surface area contributed by atoms with Gasteiger partial charge in [-0.25, -0.2) is 0 Å². The molecule has 0 saturated heterocycles. The van der Waals surface area contributed by atoms with Crippen LogP contribution in [0.1, 0.15) is 27.8 Å². The predicted molar refractivity (Wildman–Crippen MR) is 78.7 cm³/mol. The van der Waals surface area contributed by atoms with E-state index in [9.17, 15) is 0 Å². The van der Waals surface area contributed by atoms with E-state index in [1.54, 1.807) is 0 Å². The van der Waals surface area contributed by atoms with Crippen molar-refractivity contribution in [2.75, 3.05) is 0 Å². The summed E-state index contributed by atoms with van der Waals surface area (Å²) in [4.78, 5) is 0. The third-order valence-corrected chi connectivity index (χ3v) is 3.43. The van der Waals surface area contributed by atoms with Crippen LogP contribution < -0.4 is 5.73 Å². The minimum Gasteiger partial charge on any atom is -0.326 e. The van der Waals surface area contributed by atoms with Crippen molar-refractivity contribution >= 4 is 0 Å². The van der Waals surface area contributed by atoms with E-state index >= 15 is 0 Å². The summed E-state index contributed by atoms with van der Waals surface area (Å²) >= 11 is 0. The van der Waals surface area contributed by atoms with E-state index in [4.69, 9.17) is 5.73 Å². The first-order valence-corrected chi connectivity index (χ1v) is 6.40. The number of hydrogen-bond acceptors (Lipinski definition) is 1. The van der Waals surface area contributed by atoms with Gasteiger partial charge in [-0.15, -0.1) is 0 Å². The molecule has 0 unspecified atom stereocenters. The molecule has 2 aromatic carbocycles. The van der Waals surface area contributed by atoms with Gasteiger partial charge in [-0.3, -0.25) is 0 Å². The first kappa shape index (κ1) is 12.8. The van der Waals surface area contributed by atoms with Crippen molar-refractivity contribution in [3.05, 3.63) is 58.1 Å². The molecule has 0 amide bonds. The van der Waals surface area contributed by atoms with Crippen LogP contribution >= 0.6 is 0 Å². The maximum atomic E-state index is 5.87. The Kier molecular flexibility index (Phi) is 3.53. The quantitative estimate of drug-likeness (QED) is 0.840. The molecule has 0 radical (unpaired) electrons. The van der Waals surface area contributed by atoms with Crippen LogP contribution in [0.3, 0.4) is 0 Å². The molecule has 0 spiro atoms. The fourth-order valence-electron chi connectivity index (χ4n) is 2.71. The van der Waals surface area contributed by atoms with Crippen LogP contribution in [0, 0.1) is 27.7 Å². The molecule has 0 aliphatic carbocycles. The fourth-order valence-corrected chi connectivity index (χ4v) is 2.71. The highest BCUT2D eigenvalue weighted by Gasteiger charge is 2.10. The van der Waals surface area contributed by atoms with E-state index in [1.807, 2.05) is 0 Å². The van der Waals surface area contributed by atoms with Gasteiger partial charge >= 0.3 is 0 Å². The van der Waals surface area contributed by atoms with E-state index in [-0.39, 0.29) is 0 Å². The standard InChI is InChI=1S/C17H21N/c1-11-5-6-15(10-18)16(9-11)17-13(3)7-12(2)8-14(17)4/h5-9H,10,18H2,1-4H3. The van der Waals surface area contributed by atoms with Gasteiger partial charge in [0.1, 0.15) is 0 Å². The van der Waals surface area contributed by atoms with Gasteiger partial charge in [0.05, 0.1) is 0 Å². The topological polar surface area (TPSA) is 26.0 Å². The Morgan fingerprint density at radius 3 is 2.00 bits per heavy atom. The summed E-state index contributed by atoms with van der Waals surface area (Å²) in [6.07, 6.45) is 0. The van der Waals surface area contributed by atoms with Crippen LogP contribution in [-0.2, 0) is 6.54 Å². The molecule has 18 heavy (non-hydrogen) atoms. The molecule has 0 aliphatic rings. The molecule has 0 atom stereocenters. The van der Waals surface area contributed by atoms with Crippen molar-refractivity contribution in [1.82, 2.24) is 0 Å². The number of rotatable bonds is 2. The largest absolute Gasteiger partial charge is 0.326 e. The number of hydrogen-bond donors (Lipinski definition) is 1. The smallest absolute Gasteiger partial charge is 0.0184 e. The Hall–Kier alpha value is -1.60. The minimum absolute atomic E-state index is 0.586. The lowest BCUT2D eigenvalue weighted by molar-refractivity contribution is 1.07. The van der Waals surface area contributed by atoms with Gasteiger partial charge in [-0.1, -0.05) is 41.5 Å². The summed E-state index contributed by atoms with van der Waals surface area (Å²) in [6, 6.07) is 11.0. The first-order valence-electron chi connectivity index (χ1n) is 6.40. The highest BCUT2D eigenvalue weighted by Crippen LogP contribution is 2.31. The molecular formula is C17H21N. The Bertz CT molecular complexity index is 559. The molecule has 0 fully saturated rings. The van der Waals surface area contributed by atoms with Gasteiger partial charge in [-0.05, 0) is 55.5 Å². The van der Waals surface area contributed by atoms with E-state index < -0.39 is 0 Å². The summed E-state index contributed by atoms with van der Waals surface area (Å²) in [5.41, 5.74) is 15.0. The van der Waals surface area contributed by atoms with Crippen LogP contribution in [0.25, 0.3) is 11.1 Å². The summed E-state index contributed by atoms with van der Waals surface area (Å²) in [6.45, 7) is 9.21. The summed E-state index contributed by atoms with van der Waals surface area (Å²) < 4.78 is 0. The fraction of sp³-hybridized carbons (Fsp3) is 0.294. The molecule has 2 aromatic rings. The van der Waals surface area contributed by atoms with Gasteiger partial charge in [-0.2, -0.15) is 0 Å². The van der Waals surface area contributed by atoms with Crippen molar-refractivity contribution in [3.63, 3.8) is 0 Å². The monoisotopic (exact) mass is 239 g/mol. The Morgan fingerprint density at radius 2 is 1.44 bits per heavy atom. The second kappa shape index (κ2) is 4.95. The van der Waals surface area contributed by atoms with E-state index in [0.29, 0.717) is 6.54 Å². The molecular weight excluding hydrogens is 218 g/mol. The van der Waals surface area contributed by atoms with E-state index in [1.165, 1.54) is 38.9 Å². The normalized spacial score (nSPS) is 10.7. The summed E-state index contributed by atoms with van der Waals surface area (Å²) in [7, 11) is 0. The third kappa shape index (κ3) is 2.32. The summed E-state index contributed by atoms with van der Waals surface area (Å²) in [5.74, 6) is 0. The zero-order chi connectivity index (χ0) is 13.3. The SMILES string of the molecule is Cc1cc(C)c(-c2cc(C)ccc2CN)c(C)c1. The zero-order valence-corrected chi connectivity index (χ0v) is 11.7. The Labute approximate surface area is 110 Å². The molecule has 2 N–H and O–H groups in total. The lowest BCUT2D eigenvalue weighted by Gasteiger charge is -2.15. The lowest BCUT2D eigenvalue weighted by atomic mass is 9.90. The second-order valence-corrected chi connectivity index (χ2v) is 5.14. The van der Waals surface area contributed by atoms with Gasteiger partial charge in [0, 0.05) is 6.54 Å². The number of benzene rings is 2. The second-order valence-electron chi connectivity index (χ2n) is 5.14. The van der Waals surface area contributed by atoms with E-state index in [0.717, 1.165) is 0 Å². The molecule has 1 nitrogen and oxygen atoms in total. The minimum atomic E-state index is 0.586. The number of aryl methyl sites for hydroxylation is 4. The van der Waals surface area contributed by atoms with Crippen molar-refractivity contribution in [3.8, 4) is 11.1 Å². The first-order chi connectivity index (χ1) is 8.52. The van der Waals surface area contributed by atoms with Crippen molar-refractivity contribution < 1.29 is 0 Å². The molecule has 94 valence electrons. The molecule has 0 bridgehead atoms. The van der Waals surface area contributed by atoms with Crippen molar-refractivity contribution in [2.24, 2.45) is 5.73 Å². The number of nitrogens with two attached hydrogens (primary N) is 1. The van der Waals surface area contributed by atoms with E-state index in [2.05, 4.69) is 58.0 Å². The predicted octanol–water partition coefficient (Wildman–Crippen LogP) is 4.05. The van der Waals surface area contributed by atoms with Crippen LogP contribution in [-0.4, -0.2) is 0 Å². The zero-order valence-electron chi connectivity index (χ0n) is 11.7. The van der Waals surface area contributed by atoms with Gasteiger partial charge < -0.3 is 5.73 Å². The van der Waals surface area contributed by atoms with Crippen molar-refractivity contribution in [1.29, 1.82) is 0 Å². The molecule has 2 rings (SSSR count). The van der Waals surface area contributed by atoms with Gasteiger partial charge in [0.15, 0.2) is 0 Å². The average molecular weight is 239 g/mol.